The summed E-state index contributed by atoms with van der Waals surface area (Å²) in [5, 5.41) is 2.72. The molecule has 0 fully saturated rings. The number of halogens is 3. The van der Waals surface area contributed by atoms with Crippen molar-refractivity contribution in [2.45, 2.75) is 12.3 Å². The van der Waals surface area contributed by atoms with Gasteiger partial charge in [-0.15, -0.1) is 0 Å². The number of aryl methyl sites for hydroxylation is 1. The molecule has 0 saturated heterocycles. The van der Waals surface area contributed by atoms with E-state index in [1.165, 1.54) is 0 Å². The van der Waals surface area contributed by atoms with Gasteiger partial charge in [-0.3, -0.25) is 0 Å². The normalized spacial score (nSPS) is 13.5. The Hall–Kier alpha value is -1.66. The van der Waals surface area contributed by atoms with Crippen molar-refractivity contribution < 1.29 is 0 Å². The van der Waals surface area contributed by atoms with E-state index in [-0.39, 0.29) is 0 Å². The fourth-order valence-electron chi connectivity index (χ4n) is 2.81. The second-order valence-corrected chi connectivity index (χ2v) is 8.31. The van der Waals surface area contributed by atoms with Gasteiger partial charge in [0.2, 0.25) is 0 Å². The first-order chi connectivity index (χ1) is 13.0. The van der Waals surface area contributed by atoms with Gasteiger partial charge in [-0.1, -0.05) is 52.6 Å². The third kappa shape index (κ3) is 3.97. The smallest absolute Gasteiger partial charge is 0.171 e. The number of hydrogen-bond acceptors (Lipinski definition) is 4. The van der Waals surface area contributed by atoms with Crippen molar-refractivity contribution in [1.29, 1.82) is 0 Å². The molecule has 1 aromatic heterocycles. The minimum atomic E-state index is 0.558. The summed E-state index contributed by atoms with van der Waals surface area (Å²) in [6.07, 6.45) is 1.79. The van der Waals surface area contributed by atoms with Crippen molar-refractivity contribution in [3.8, 4) is 0 Å². The highest BCUT2D eigenvalue weighted by molar-refractivity contribution is 8.13. The van der Waals surface area contributed by atoms with Crippen LogP contribution in [0.15, 0.2) is 53.8 Å². The molecule has 0 aliphatic carbocycles. The lowest BCUT2D eigenvalue weighted by Gasteiger charge is -2.28. The molecule has 2 aromatic carbocycles. The Kier molecular flexibility index (Phi) is 5.37. The third-order valence-corrected chi connectivity index (χ3v) is 6.25. The topological polar surface area (TPSA) is 33.4 Å². The van der Waals surface area contributed by atoms with Gasteiger partial charge >= 0.3 is 0 Å². The van der Waals surface area contributed by atoms with Gasteiger partial charge in [0, 0.05) is 23.5 Å². The number of fused-ring (bicyclic) bond motifs is 1. The summed E-state index contributed by atoms with van der Waals surface area (Å²) in [6, 6.07) is 13.4. The molecule has 4 rings (SSSR count). The number of rotatable bonds is 3. The molecule has 0 N–H and O–H groups in total. The van der Waals surface area contributed by atoms with Crippen LogP contribution in [-0.4, -0.2) is 14.7 Å². The molecule has 0 radical (unpaired) electrons. The SMILES string of the molecule is Cn1cnc2c1N=C(SCc1ccc(Cl)c(Cl)c1)N(c1ccc(Cl)cc1)C2. The van der Waals surface area contributed by atoms with Gasteiger partial charge < -0.3 is 9.47 Å². The summed E-state index contributed by atoms with van der Waals surface area (Å²) in [7, 11) is 1.95. The van der Waals surface area contributed by atoms with Crippen LogP contribution in [0.1, 0.15) is 11.3 Å². The number of hydrogen-bond donors (Lipinski definition) is 0. The van der Waals surface area contributed by atoms with E-state index in [1.54, 1.807) is 18.1 Å². The highest BCUT2D eigenvalue weighted by Gasteiger charge is 2.24. The van der Waals surface area contributed by atoms with Crippen LogP contribution in [0.4, 0.5) is 11.5 Å². The highest BCUT2D eigenvalue weighted by Crippen LogP contribution is 2.34. The molecule has 1 aliphatic heterocycles. The Labute approximate surface area is 176 Å². The number of aliphatic imine (C=N–C) groups is 1. The van der Waals surface area contributed by atoms with E-state index in [9.17, 15) is 0 Å². The van der Waals surface area contributed by atoms with Crippen molar-refractivity contribution in [2.24, 2.45) is 12.0 Å². The fraction of sp³-hybridized carbons (Fsp3) is 0.158. The lowest BCUT2D eigenvalue weighted by Crippen LogP contribution is -2.31. The van der Waals surface area contributed by atoms with Crippen LogP contribution in [0, 0.1) is 0 Å². The van der Waals surface area contributed by atoms with Gasteiger partial charge in [0.15, 0.2) is 11.0 Å². The van der Waals surface area contributed by atoms with E-state index in [4.69, 9.17) is 39.8 Å². The Morgan fingerprint density at radius 2 is 1.81 bits per heavy atom. The van der Waals surface area contributed by atoms with Gasteiger partial charge in [-0.05, 0) is 42.0 Å². The van der Waals surface area contributed by atoms with E-state index >= 15 is 0 Å². The molecule has 2 heterocycles. The second kappa shape index (κ2) is 7.76. The maximum atomic E-state index is 6.14. The van der Waals surface area contributed by atoms with Crippen molar-refractivity contribution in [3.05, 3.63) is 75.1 Å². The third-order valence-electron chi connectivity index (χ3n) is 4.21. The van der Waals surface area contributed by atoms with Crippen molar-refractivity contribution >= 4 is 63.2 Å². The predicted octanol–water partition coefficient (Wildman–Crippen LogP) is 6.32. The maximum absolute atomic E-state index is 6.14. The van der Waals surface area contributed by atoms with Gasteiger partial charge in [0.1, 0.15) is 5.69 Å². The van der Waals surface area contributed by atoms with E-state index in [2.05, 4.69) is 9.88 Å². The second-order valence-electron chi connectivity index (χ2n) is 6.12. The molecular weight excluding hydrogens is 423 g/mol. The van der Waals surface area contributed by atoms with Crippen LogP contribution in [0.3, 0.4) is 0 Å². The zero-order valence-corrected chi connectivity index (χ0v) is 17.4. The molecule has 0 atom stereocenters. The van der Waals surface area contributed by atoms with Crippen molar-refractivity contribution in [2.75, 3.05) is 4.90 Å². The zero-order valence-electron chi connectivity index (χ0n) is 14.4. The molecule has 8 heteroatoms. The highest BCUT2D eigenvalue weighted by atomic mass is 35.5. The number of thioether (sulfide) groups is 1. The van der Waals surface area contributed by atoms with Gasteiger partial charge in [0.05, 0.1) is 22.9 Å². The number of amidine groups is 1. The summed E-state index contributed by atoms with van der Waals surface area (Å²) < 4.78 is 1.94. The first kappa shape index (κ1) is 18.7. The molecular formula is C19H15Cl3N4S. The standard InChI is InChI=1S/C19H15Cl3N4S/c1-25-11-23-17-9-26(14-5-3-13(20)4-6-14)19(24-18(17)25)27-10-12-2-7-15(21)16(22)8-12/h2-8,11H,9-10H2,1H3. The fourth-order valence-corrected chi connectivity index (χ4v) is 4.20. The Bertz CT molecular complexity index is 1010. The van der Waals surface area contributed by atoms with Gasteiger partial charge in [-0.2, -0.15) is 0 Å². The molecule has 138 valence electrons. The number of benzene rings is 2. The Morgan fingerprint density at radius 3 is 2.56 bits per heavy atom. The van der Waals surface area contributed by atoms with Crippen LogP contribution in [0.2, 0.25) is 15.1 Å². The van der Waals surface area contributed by atoms with Crippen LogP contribution < -0.4 is 4.90 Å². The number of anilines is 1. The van der Waals surface area contributed by atoms with Crippen LogP contribution in [0.25, 0.3) is 0 Å². The monoisotopic (exact) mass is 436 g/mol. The Morgan fingerprint density at radius 1 is 1.04 bits per heavy atom. The lowest BCUT2D eigenvalue weighted by molar-refractivity contribution is 0.896. The first-order valence-corrected chi connectivity index (χ1v) is 10.3. The summed E-state index contributed by atoms with van der Waals surface area (Å²) in [5.41, 5.74) is 3.06. The van der Waals surface area contributed by atoms with Crippen LogP contribution in [0.5, 0.6) is 0 Å². The molecule has 0 saturated carbocycles. The largest absolute Gasteiger partial charge is 0.319 e. The maximum Gasteiger partial charge on any atom is 0.171 e. The van der Waals surface area contributed by atoms with E-state index < -0.39 is 0 Å². The summed E-state index contributed by atoms with van der Waals surface area (Å²) >= 11 is 19.9. The zero-order chi connectivity index (χ0) is 19.0. The van der Waals surface area contributed by atoms with E-state index in [0.717, 1.165) is 33.7 Å². The number of aromatic nitrogens is 2. The molecule has 0 amide bonds. The quantitative estimate of drug-likeness (QED) is 0.480. The minimum Gasteiger partial charge on any atom is -0.319 e. The number of nitrogens with zero attached hydrogens (tertiary/aromatic N) is 4. The average Bonchev–Trinajstić information content (AvgIpc) is 3.03. The molecule has 27 heavy (non-hydrogen) atoms. The molecule has 0 spiro atoms. The van der Waals surface area contributed by atoms with E-state index in [1.807, 2.05) is 54.1 Å². The minimum absolute atomic E-state index is 0.558. The van der Waals surface area contributed by atoms with Crippen molar-refractivity contribution in [1.82, 2.24) is 9.55 Å². The van der Waals surface area contributed by atoms with Gasteiger partial charge in [0.25, 0.3) is 0 Å². The van der Waals surface area contributed by atoms with Gasteiger partial charge in [-0.25, -0.2) is 9.98 Å². The van der Waals surface area contributed by atoms with Crippen molar-refractivity contribution in [3.63, 3.8) is 0 Å². The molecule has 1 aliphatic rings. The lowest BCUT2D eigenvalue weighted by atomic mass is 10.2. The Balaban J connectivity index is 1.64. The summed E-state index contributed by atoms with van der Waals surface area (Å²) in [5.74, 6) is 1.62. The predicted molar refractivity (Wildman–Crippen MR) is 116 cm³/mol. The molecule has 0 bridgehead atoms. The summed E-state index contributed by atoms with van der Waals surface area (Å²) in [6.45, 7) is 0.658. The average molecular weight is 438 g/mol. The molecule has 4 nitrogen and oxygen atoms in total. The van der Waals surface area contributed by atoms with Crippen LogP contribution in [-0.2, 0) is 19.3 Å². The van der Waals surface area contributed by atoms with Crippen LogP contribution >= 0.6 is 46.6 Å². The molecule has 3 aromatic rings. The first-order valence-electron chi connectivity index (χ1n) is 8.20. The summed E-state index contributed by atoms with van der Waals surface area (Å²) in [4.78, 5) is 11.5. The van der Waals surface area contributed by atoms with E-state index in [0.29, 0.717) is 21.6 Å². The molecule has 0 unspecified atom stereocenters. The number of imidazole rings is 1.